The van der Waals surface area contributed by atoms with Crippen LogP contribution in [-0.2, 0) is 29.1 Å². The first kappa shape index (κ1) is 30.9. The molecule has 3 fully saturated rings. The fraction of sp³-hybridized carbons (Fsp3) is 0.769. The molecule has 4 N–H and O–H groups in total. The summed E-state index contributed by atoms with van der Waals surface area (Å²) < 4.78 is 32.1. The van der Waals surface area contributed by atoms with Gasteiger partial charge in [0.05, 0.1) is 17.0 Å². The van der Waals surface area contributed by atoms with Gasteiger partial charge in [0.15, 0.2) is 0 Å². The summed E-state index contributed by atoms with van der Waals surface area (Å²) in [6.45, 7) is 13.9. The van der Waals surface area contributed by atoms with Gasteiger partial charge in [0.1, 0.15) is 17.6 Å². The molecule has 0 aromatic carbocycles. The molecule has 1 aliphatic heterocycles. The molecule has 3 rings (SSSR count). The highest BCUT2D eigenvalue weighted by Gasteiger charge is 2.63. The van der Waals surface area contributed by atoms with E-state index in [9.17, 15) is 32.7 Å². The van der Waals surface area contributed by atoms with Gasteiger partial charge in [-0.25, -0.2) is 13.2 Å². The third-order valence-corrected chi connectivity index (χ3v) is 10.2. The number of sulfonamides is 1. The Bertz CT molecular complexity index is 1130. The van der Waals surface area contributed by atoms with Crippen LogP contribution in [0.3, 0.4) is 0 Å². The molecule has 0 unspecified atom stereocenters. The number of rotatable bonds is 10. The topological polar surface area (TPSA) is 171 Å². The van der Waals surface area contributed by atoms with E-state index in [1.807, 2.05) is 0 Å². The molecule has 0 aromatic heterocycles. The molecule has 3 aliphatic rings. The number of likely N-dealkylation sites (tertiary alicyclic amines) is 1. The first-order valence-corrected chi connectivity index (χ1v) is 14.9. The van der Waals surface area contributed by atoms with Gasteiger partial charge < -0.3 is 25.4 Å². The lowest BCUT2D eigenvalue weighted by Gasteiger charge is -2.35. The Hall–Kier alpha value is -2.67. The van der Waals surface area contributed by atoms with E-state index in [-0.39, 0.29) is 19.4 Å². The van der Waals surface area contributed by atoms with Gasteiger partial charge in [-0.3, -0.25) is 19.1 Å². The molecular weight excluding hydrogens is 528 g/mol. The molecule has 12 nitrogen and oxygen atoms in total. The normalized spacial score (nSPS) is 28.3. The quantitative estimate of drug-likeness (QED) is 0.281. The maximum Gasteiger partial charge on any atom is 0.408 e. The number of aliphatic hydroxyl groups excluding tert-OH is 1. The van der Waals surface area contributed by atoms with Crippen LogP contribution >= 0.6 is 0 Å². The summed E-state index contributed by atoms with van der Waals surface area (Å²) in [5.74, 6) is -2.64. The summed E-state index contributed by atoms with van der Waals surface area (Å²) >= 11 is 0. The maximum absolute atomic E-state index is 13.6. The van der Waals surface area contributed by atoms with Crippen LogP contribution in [0.2, 0.25) is 0 Å². The maximum atomic E-state index is 13.6. The van der Waals surface area contributed by atoms with Crippen LogP contribution in [0.4, 0.5) is 4.79 Å². The van der Waals surface area contributed by atoms with Crippen molar-refractivity contribution in [3.8, 4) is 0 Å². The van der Waals surface area contributed by atoms with Crippen molar-refractivity contribution < 1.29 is 37.4 Å². The van der Waals surface area contributed by atoms with Crippen molar-refractivity contribution in [1.82, 2.24) is 20.3 Å². The van der Waals surface area contributed by atoms with Gasteiger partial charge in [-0.15, -0.1) is 6.58 Å². The van der Waals surface area contributed by atoms with Gasteiger partial charge in [0.2, 0.25) is 21.8 Å². The van der Waals surface area contributed by atoms with Gasteiger partial charge in [-0.2, -0.15) is 0 Å². The zero-order valence-electron chi connectivity index (χ0n) is 23.6. The molecule has 0 spiro atoms. The van der Waals surface area contributed by atoms with Crippen LogP contribution in [0.15, 0.2) is 12.7 Å². The standard InChI is InChI=1S/C26H42N4O8S/c1-8-16-13-26(16,22(34)29-39(36,37)25(9-2)10-11-25)28-20(32)18-12-17(31)14-30(18)21(33)19(24(5,6)7)27-23(35)38-15(3)4/h8,15-19,31H,1,9-14H2,2-7H3,(H,27,35)(H,28,32)(H,29,34)/t16-,17-,18+,19-,26-/m1/s1. The highest BCUT2D eigenvalue weighted by Crippen LogP contribution is 2.48. The predicted octanol–water partition coefficient (Wildman–Crippen LogP) is 0.947. The molecule has 1 saturated heterocycles. The number of nitrogens with one attached hydrogen (secondary N) is 3. The Balaban J connectivity index is 1.80. The number of amides is 4. The number of carbonyl (C=O) groups excluding carboxylic acids is 4. The molecule has 4 amide bonds. The minimum atomic E-state index is -3.95. The molecule has 2 saturated carbocycles. The second-order valence-corrected chi connectivity index (χ2v) is 14.3. The van der Waals surface area contributed by atoms with Gasteiger partial charge in [-0.05, 0) is 44.9 Å². The molecule has 39 heavy (non-hydrogen) atoms. The molecule has 13 heteroatoms. The second kappa shape index (κ2) is 10.7. The zero-order valence-corrected chi connectivity index (χ0v) is 24.4. The molecule has 220 valence electrons. The molecule has 0 radical (unpaired) electrons. The Morgan fingerprint density at radius 2 is 1.82 bits per heavy atom. The lowest BCUT2D eigenvalue weighted by Crippen LogP contribution is -2.60. The fourth-order valence-corrected chi connectivity index (χ4v) is 6.76. The second-order valence-electron chi connectivity index (χ2n) is 12.3. The summed E-state index contributed by atoms with van der Waals surface area (Å²) in [4.78, 5) is 53.9. The summed E-state index contributed by atoms with van der Waals surface area (Å²) in [6.07, 6.45) is 0.619. The fourth-order valence-electron chi connectivity index (χ4n) is 5.10. The first-order chi connectivity index (χ1) is 17.9. The van der Waals surface area contributed by atoms with Crippen LogP contribution in [0, 0.1) is 11.3 Å². The Labute approximate surface area is 230 Å². The number of hydrogen-bond acceptors (Lipinski definition) is 8. The molecule has 0 aromatic rings. The van der Waals surface area contributed by atoms with Gasteiger partial charge in [0, 0.05) is 18.9 Å². The number of aliphatic hydroxyl groups is 1. The van der Waals surface area contributed by atoms with E-state index in [0.717, 1.165) is 0 Å². The van der Waals surface area contributed by atoms with Crippen molar-refractivity contribution in [3.05, 3.63) is 12.7 Å². The van der Waals surface area contributed by atoms with Crippen molar-refractivity contribution in [3.63, 3.8) is 0 Å². The minimum absolute atomic E-state index is 0.0847. The molecular formula is C26H42N4O8S. The number of alkyl carbamates (subject to hydrolysis) is 1. The molecule has 1 heterocycles. The Morgan fingerprint density at radius 1 is 1.21 bits per heavy atom. The van der Waals surface area contributed by atoms with Crippen molar-refractivity contribution in [2.75, 3.05) is 6.54 Å². The first-order valence-electron chi connectivity index (χ1n) is 13.4. The van der Waals surface area contributed by atoms with Crippen LogP contribution in [-0.4, -0.2) is 83.4 Å². The SMILES string of the molecule is C=C[C@@H]1C[C@]1(NC(=O)[C@@H]1C[C@@H](O)CN1C(=O)[C@@H](NC(=O)OC(C)C)C(C)(C)C)C(=O)NS(=O)(=O)C1(CC)CC1. The zero-order chi connectivity index (χ0) is 29.6. The number of nitrogens with zero attached hydrogens (tertiary/aromatic N) is 1. The van der Waals surface area contributed by atoms with Crippen molar-refractivity contribution in [2.45, 2.75) is 108 Å². The van der Waals surface area contributed by atoms with Crippen LogP contribution in [0.25, 0.3) is 0 Å². The minimum Gasteiger partial charge on any atom is -0.447 e. The average molecular weight is 571 g/mol. The average Bonchev–Trinajstić information content (AvgIpc) is 3.71. The number of hydrogen-bond donors (Lipinski definition) is 4. The Morgan fingerprint density at radius 3 is 2.28 bits per heavy atom. The van der Waals surface area contributed by atoms with Crippen LogP contribution < -0.4 is 15.4 Å². The highest BCUT2D eigenvalue weighted by atomic mass is 32.2. The van der Waals surface area contributed by atoms with Gasteiger partial charge in [-0.1, -0.05) is 33.8 Å². The largest absolute Gasteiger partial charge is 0.447 e. The van der Waals surface area contributed by atoms with E-state index in [4.69, 9.17) is 4.74 Å². The summed E-state index contributed by atoms with van der Waals surface area (Å²) in [6, 6.07) is -2.21. The summed E-state index contributed by atoms with van der Waals surface area (Å²) in [7, 11) is -3.95. The van der Waals surface area contributed by atoms with Crippen LogP contribution in [0.5, 0.6) is 0 Å². The summed E-state index contributed by atoms with van der Waals surface area (Å²) in [5.41, 5.74) is -2.29. The van der Waals surface area contributed by atoms with Gasteiger partial charge >= 0.3 is 6.09 Å². The van der Waals surface area contributed by atoms with Gasteiger partial charge in [0.25, 0.3) is 5.91 Å². The van der Waals surface area contributed by atoms with E-state index in [1.165, 1.54) is 11.0 Å². The Kier molecular flexibility index (Phi) is 8.48. The molecule has 2 aliphatic carbocycles. The lowest BCUT2D eigenvalue weighted by molar-refractivity contribution is -0.143. The summed E-state index contributed by atoms with van der Waals surface area (Å²) in [5, 5.41) is 15.6. The van der Waals surface area contributed by atoms with E-state index in [2.05, 4.69) is 21.9 Å². The van der Waals surface area contributed by atoms with Crippen molar-refractivity contribution >= 4 is 33.8 Å². The van der Waals surface area contributed by atoms with Crippen molar-refractivity contribution in [1.29, 1.82) is 0 Å². The lowest BCUT2D eigenvalue weighted by atomic mass is 9.85. The highest BCUT2D eigenvalue weighted by molar-refractivity contribution is 7.91. The van der Waals surface area contributed by atoms with E-state index in [1.54, 1.807) is 41.5 Å². The third-order valence-electron chi connectivity index (χ3n) is 7.88. The van der Waals surface area contributed by atoms with E-state index < -0.39 is 79.7 Å². The van der Waals surface area contributed by atoms with E-state index >= 15 is 0 Å². The molecule has 0 bridgehead atoms. The number of β-amino-alcohol motifs (C(OH)–C–C–N with tert-alkyl or cyclic N) is 1. The number of ether oxygens (including phenoxy) is 1. The van der Waals surface area contributed by atoms with Crippen LogP contribution in [0.1, 0.15) is 73.6 Å². The third kappa shape index (κ3) is 6.24. The predicted molar refractivity (Wildman–Crippen MR) is 143 cm³/mol. The number of carbonyl (C=O) groups is 4. The molecule has 5 atom stereocenters. The monoisotopic (exact) mass is 570 g/mol. The van der Waals surface area contributed by atoms with Crippen molar-refractivity contribution in [2.24, 2.45) is 11.3 Å². The van der Waals surface area contributed by atoms with E-state index in [0.29, 0.717) is 19.3 Å². The smallest absolute Gasteiger partial charge is 0.408 e.